The fourth-order valence-corrected chi connectivity index (χ4v) is 1.73. The van der Waals surface area contributed by atoms with Crippen molar-refractivity contribution in [3.8, 4) is 11.5 Å². The number of ether oxygens (including phenoxy) is 1. The molecule has 0 atom stereocenters. The molecule has 0 amide bonds. The lowest BCUT2D eigenvalue weighted by molar-refractivity contribution is -0.136. The lowest BCUT2D eigenvalue weighted by atomic mass is 10.1. The van der Waals surface area contributed by atoms with Crippen molar-refractivity contribution in [2.24, 2.45) is 0 Å². The molecule has 2 aromatic rings. The molecule has 2 rings (SSSR count). The van der Waals surface area contributed by atoms with E-state index >= 15 is 0 Å². The fraction of sp³-hybridized carbons (Fsp3) is 0.0714. The first-order valence-corrected chi connectivity index (χ1v) is 5.86. The zero-order valence-corrected chi connectivity index (χ0v) is 10.5. The highest BCUT2D eigenvalue weighted by atomic mass is 35.5. The predicted molar refractivity (Wildman–Crippen MR) is 69.3 cm³/mol. The lowest BCUT2D eigenvalue weighted by Gasteiger charge is -2.09. The molecule has 0 saturated heterocycles. The third-order valence-electron chi connectivity index (χ3n) is 2.41. The highest BCUT2D eigenvalue weighted by molar-refractivity contribution is 6.32. The van der Waals surface area contributed by atoms with E-state index in [-0.39, 0.29) is 12.2 Å². The summed E-state index contributed by atoms with van der Waals surface area (Å²) in [7, 11) is 0. The highest BCUT2D eigenvalue weighted by Gasteiger charge is 2.09. The zero-order chi connectivity index (χ0) is 13.8. The van der Waals surface area contributed by atoms with Crippen molar-refractivity contribution in [2.45, 2.75) is 6.42 Å². The average molecular weight is 281 g/mol. The van der Waals surface area contributed by atoms with Crippen LogP contribution in [-0.2, 0) is 11.2 Å². The number of rotatable bonds is 4. The average Bonchev–Trinajstić information content (AvgIpc) is 2.34. The van der Waals surface area contributed by atoms with E-state index in [4.69, 9.17) is 21.4 Å². The Morgan fingerprint density at radius 3 is 2.58 bits per heavy atom. The number of carboxylic acid groups (broad SMARTS) is 1. The number of carbonyl (C=O) groups is 1. The highest BCUT2D eigenvalue weighted by Crippen LogP contribution is 2.30. The zero-order valence-electron chi connectivity index (χ0n) is 9.77. The summed E-state index contributed by atoms with van der Waals surface area (Å²) in [6.07, 6.45) is -0.233. The minimum Gasteiger partial charge on any atom is -0.481 e. The summed E-state index contributed by atoms with van der Waals surface area (Å²) in [4.78, 5) is 10.5. The molecule has 2 aromatic carbocycles. The van der Waals surface area contributed by atoms with Crippen LogP contribution in [-0.4, -0.2) is 11.1 Å². The molecule has 0 aliphatic heterocycles. The van der Waals surface area contributed by atoms with Crippen LogP contribution >= 0.6 is 11.6 Å². The summed E-state index contributed by atoms with van der Waals surface area (Å²) in [6, 6.07) is 10.7. The monoisotopic (exact) mass is 280 g/mol. The smallest absolute Gasteiger partial charge is 0.307 e. The van der Waals surface area contributed by atoms with E-state index in [0.717, 1.165) is 6.07 Å². The maximum Gasteiger partial charge on any atom is 0.307 e. The van der Waals surface area contributed by atoms with Gasteiger partial charge in [0.05, 0.1) is 11.4 Å². The summed E-state index contributed by atoms with van der Waals surface area (Å²) in [5, 5.41) is 9.00. The Kier molecular flexibility index (Phi) is 4.02. The molecule has 19 heavy (non-hydrogen) atoms. The van der Waals surface area contributed by atoms with E-state index in [1.54, 1.807) is 24.3 Å². The molecule has 5 heteroatoms. The van der Waals surface area contributed by atoms with Gasteiger partial charge in [-0.05, 0) is 29.8 Å². The van der Waals surface area contributed by atoms with Gasteiger partial charge < -0.3 is 9.84 Å². The molecule has 0 radical (unpaired) electrons. The van der Waals surface area contributed by atoms with Crippen LogP contribution in [0, 0.1) is 5.82 Å². The number of halogens is 2. The lowest BCUT2D eigenvalue weighted by Crippen LogP contribution is -2.00. The van der Waals surface area contributed by atoms with E-state index in [1.807, 2.05) is 0 Å². The van der Waals surface area contributed by atoms with Crippen LogP contribution in [0.4, 0.5) is 4.39 Å². The van der Waals surface area contributed by atoms with Crippen molar-refractivity contribution >= 4 is 17.6 Å². The van der Waals surface area contributed by atoms with Crippen LogP contribution in [0.5, 0.6) is 11.5 Å². The van der Waals surface area contributed by atoms with E-state index in [9.17, 15) is 9.18 Å². The number of hydrogen-bond acceptors (Lipinski definition) is 2. The molecule has 0 aromatic heterocycles. The van der Waals surface area contributed by atoms with Crippen LogP contribution < -0.4 is 4.74 Å². The number of aliphatic carboxylic acids is 1. The van der Waals surface area contributed by atoms with Crippen molar-refractivity contribution in [1.29, 1.82) is 0 Å². The first kappa shape index (κ1) is 13.4. The first-order chi connectivity index (χ1) is 9.06. The Morgan fingerprint density at radius 1 is 1.21 bits per heavy atom. The minimum absolute atomic E-state index is 0.00207. The maximum absolute atomic E-state index is 13.8. The normalized spacial score (nSPS) is 10.2. The standard InChI is InChI=1S/C14H10ClFO3/c15-10-3-1-2-4-12(10)19-13-6-5-9(7-11(13)16)8-14(17)18/h1-7H,8H2,(H,17,18). The summed E-state index contributed by atoms with van der Waals surface area (Å²) >= 11 is 5.90. The quantitative estimate of drug-likeness (QED) is 0.924. The van der Waals surface area contributed by atoms with Crippen molar-refractivity contribution in [1.82, 2.24) is 0 Å². The molecular formula is C14H10ClFO3. The van der Waals surface area contributed by atoms with Crippen LogP contribution in [0.25, 0.3) is 0 Å². The molecule has 3 nitrogen and oxygen atoms in total. The summed E-state index contributed by atoms with van der Waals surface area (Å²) < 4.78 is 19.1. The number of para-hydroxylation sites is 1. The number of carboxylic acids is 1. The molecule has 0 spiro atoms. The van der Waals surface area contributed by atoms with Crippen molar-refractivity contribution < 1.29 is 19.0 Å². The van der Waals surface area contributed by atoms with Gasteiger partial charge in [0.2, 0.25) is 0 Å². The summed E-state index contributed by atoms with van der Waals surface area (Å²) in [5.74, 6) is -1.30. The van der Waals surface area contributed by atoms with E-state index in [0.29, 0.717) is 16.3 Å². The second-order valence-corrected chi connectivity index (χ2v) is 4.27. The third-order valence-corrected chi connectivity index (χ3v) is 2.72. The van der Waals surface area contributed by atoms with E-state index in [1.165, 1.54) is 12.1 Å². The van der Waals surface area contributed by atoms with Crippen molar-refractivity contribution in [2.75, 3.05) is 0 Å². The Balaban J connectivity index is 2.22. The topological polar surface area (TPSA) is 46.5 Å². The Labute approximate surface area is 114 Å². The van der Waals surface area contributed by atoms with Gasteiger partial charge in [0, 0.05) is 0 Å². The van der Waals surface area contributed by atoms with Gasteiger partial charge in [0.25, 0.3) is 0 Å². The second-order valence-electron chi connectivity index (χ2n) is 3.87. The molecule has 0 fully saturated rings. The molecule has 0 aliphatic rings. The van der Waals surface area contributed by atoms with Gasteiger partial charge in [-0.15, -0.1) is 0 Å². The largest absolute Gasteiger partial charge is 0.481 e. The number of benzene rings is 2. The van der Waals surface area contributed by atoms with Gasteiger partial charge in [-0.25, -0.2) is 4.39 Å². The molecule has 0 bridgehead atoms. The molecule has 0 saturated carbocycles. The summed E-state index contributed by atoms with van der Waals surface area (Å²) in [5.41, 5.74) is 0.372. The maximum atomic E-state index is 13.8. The van der Waals surface area contributed by atoms with Crippen LogP contribution in [0.1, 0.15) is 5.56 Å². The number of hydrogen-bond donors (Lipinski definition) is 1. The van der Waals surface area contributed by atoms with Crippen molar-refractivity contribution in [3.05, 3.63) is 58.9 Å². The van der Waals surface area contributed by atoms with Gasteiger partial charge in [-0.2, -0.15) is 0 Å². The van der Waals surface area contributed by atoms with Gasteiger partial charge in [-0.3, -0.25) is 4.79 Å². The van der Waals surface area contributed by atoms with Crippen LogP contribution in [0.2, 0.25) is 5.02 Å². The molecule has 0 aliphatic carbocycles. The Hall–Kier alpha value is -2.07. The van der Waals surface area contributed by atoms with Crippen LogP contribution in [0.3, 0.4) is 0 Å². The molecular weight excluding hydrogens is 271 g/mol. The molecule has 98 valence electrons. The SMILES string of the molecule is O=C(O)Cc1ccc(Oc2ccccc2Cl)c(F)c1. The summed E-state index contributed by atoms with van der Waals surface area (Å²) in [6.45, 7) is 0. The fourth-order valence-electron chi connectivity index (χ4n) is 1.56. The van der Waals surface area contributed by atoms with Crippen LogP contribution in [0.15, 0.2) is 42.5 Å². The predicted octanol–water partition coefficient (Wildman–Crippen LogP) is 3.90. The molecule has 0 unspecified atom stereocenters. The first-order valence-electron chi connectivity index (χ1n) is 5.49. The van der Waals surface area contributed by atoms with Gasteiger partial charge in [-0.1, -0.05) is 29.8 Å². The molecule has 0 heterocycles. The van der Waals surface area contributed by atoms with Gasteiger partial charge in [0.1, 0.15) is 5.75 Å². The van der Waals surface area contributed by atoms with Gasteiger partial charge >= 0.3 is 5.97 Å². The Morgan fingerprint density at radius 2 is 1.95 bits per heavy atom. The molecule has 1 N–H and O–H groups in total. The van der Waals surface area contributed by atoms with Gasteiger partial charge in [0.15, 0.2) is 11.6 Å². The van der Waals surface area contributed by atoms with Crippen molar-refractivity contribution in [3.63, 3.8) is 0 Å². The third kappa shape index (κ3) is 3.45. The minimum atomic E-state index is -1.01. The Bertz CT molecular complexity index is 613. The van der Waals surface area contributed by atoms with E-state index < -0.39 is 11.8 Å². The van der Waals surface area contributed by atoms with E-state index in [2.05, 4.69) is 0 Å². The second kappa shape index (κ2) is 5.71.